The van der Waals surface area contributed by atoms with Crippen molar-refractivity contribution in [3.8, 4) is 0 Å². The number of fused-ring (bicyclic) bond motifs is 2. The van der Waals surface area contributed by atoms with E-state index in [0.29, 0.717) is 10.8 Å². The minimum atomic E-state index is -0.294. The van der Waals surface area contributed by atoms with Gasteiger partial charge in [-0.05, 0) is 35.0 Å². The van der Waals surface area contributed by atoms with E-state index in [4.69, 9.17) is 9.84 Å². The summed E-state index contributed by atoms with van der Waals surface area (Å²) >= 11 is 1.67. The molecule has 2 aromatic heterocycles. The van der Waals surface area contributed by atoms with Gasteiger partial charge in [-0.15, -0.1) is 11.3 Å². The SMILES string of the molecule is O=c1c2ccc3sc4ccccc4c4ccc(c(=O)n1CCOCCO)c2c34. The van der Waals surface area contributed by atoms with Crippen molar-refractivity contribution in [3.63, 3.8) is 0 Å². The monoisotopic (exact) mass is 391 g/mol. The average molecular weight is 391 g/mol. The first kappa shape index (κ1) is 17.3. The maximum absolute atomic E-state index is 13.0. The van der Waals surface area contributed by atoms with Crippen molar-refractivity contribution in [1.29, 1.82) is 0 Å². The summed E-state index contributed by atoms with van der Waals surface area (Å²) in [5.41, 5.74) is -0.588. The molecule has 5 nitrogen and oxygen atoms in total. The zero-order chi connectivity index (χ0) is 19.3. The number of pyridine rings is 1. The van der Waals surface area contributed by atoms with Gasteiger partial charge in [0.1, 0.15) is 0 Å². The van der Waals surface area contributed by atoms with Crippen molar-refractivity contribution in [2.45, 2.75) is 6.54 Å². The van der Waals surface area contributed by atoms with Crippen LogP contribution < -0.4 is 11.1 Å². The molecular weight excluding hydrogens is 374 g/mol. The molecule has 0 saturated heterocycles. The van der Waals surface area contributed by atoms with Crippen molar-refractivity contribution in [3.05, 3.63) is 69.2 Å². The Balaban J connectivity index is 1.85. The molecule has 0 bridgehead atoms. The number of aromatic nitrogens is 1. The fraction of sp³-hybridized carbons (Fsp3) is 0.182. The first-order chi connectivity index (χ1) is 13.7. The Hall–Kier alpha value is -2.80. The van der Waals surface area contributed by atoms with Crippen LogP contribution in [0.5, 0.6) is 0 Å². The van der Waals surface area contributed by atoms with E-state index in [-0.39, 0.29) is 37.5 Å². The first-order valence-electron chi connectivity index (χ1n) is 9.12. The van der Waals surface area contributed by atoms with Gasteiger partial charge >= 0.3 is 0 Å². The van der Waals surface area contributed by atoms with Crippen LogP contribution in [0.2, 0.25) is 0 Å². The number of nitrogens with zero attached hydrogens (tertiary/aromatic N) is 1. The van der Waals surface area contributed by atoms with Gasteiger partial charge in [0.15, 0.2) is 0 Å². The fourth-order valence-electron chi connectivity index (χ4n) is 3.94. The van der Waals surface area contributed by atoms with E-state index in [1.54, 1.807) is 11.3 Å². The number of rotatable bonds is 5. The molecule has 28 heavy (non-hydrogen) atoms. The third-order valence-corrected chi connectivity index (χ3v) is 6.30. The van der Waals surface area contributed by atoms with Crippen LogP contribution in [-0.4, -0.2) is 29.5 Å². The quantitative estimate of drug-likeness (QED) is 0.283. The Bertz CT molecular complexity index is 1420. The van der Waals surface area contributed by atoms with E-state index in [0.717, 1.165) is 26.2 Å². The lowest BCUT2D eigenvalue weighted by Crippen LogP contribution is -2.34. The molecule has 0 saturated carbocycles. The zero-order valence-electron chi connectivity index (χ0n) is 15.0. The fourth-order valence-corrected chi connectivity index (χ4v) is 5.06. The minimum absolute atomic E-state index is 0.0886. The zero-order valence-corrected chi connectivity index (χ0v) is 15.8. The van der Waals surface area contributed by atoms with E-state index in [1.165, 1.54) is 9.27 Å². The smallest absolute Gasteiger partial charge is 0.261 e. The Morgan fingerprint density at radius 1 is 0.786 bits per heavy atom. The van der Waals surface area contributed by atoms with Gasteiger partial charge in [0.05, 0.1) is 26.4 Å². The van der Waals surface area contributed by atoms with Crippen LogP contribution >= 0.6 is 11.3 Å². The molecule has 140 valence electrons. The molecular formula is C22H17NO4S. The van der Waals surface area contributed by atoms with Gasteiger partial charge in [0, 0.05) is 30.9 Å². The van der Waals surface area contributed by atoms with Crippen molar-refractivity contribution in [2.75, 3.05) is 19.8 Å². The first-order valence-corrected chi connectivity index (χ1v) is 9.94. The number of hydrogen-bond acceptors (Lipinski definition) is 5. The predicted octanol–water partition coefficient (Wildman–Crippen LogP) is 3.33. The normalized spacial score (nSPS) is 12.0. The van der Waals surface area contributed by atoms with E-state index in [9.17, 15) is 9.59 Å². The highest BCUT2D eigenvalue weighted by Crippen LogP contribution is 2.39. The molecule has 0 spiro atoms. The standard InChI is InChI=1S/C22H17NO4S/c24-10-12-27-11-9-23-21(25)15-6-5-14-13-3-1-2-4-17(13)28-18-8-7-16(22(23)26)19(15)20(14)18/h1-8,24H,9-12H2. The molecule has 0 amide bonds. The summed E-state index contributed by atoms with van der Waals surface area (Å²) in [4.78, 5) is 26.1. The second-order valence-electron chi connectivity index (χ2n) is 6.72. The number of ether oxygens (including phenoxy) is 1. The van der Waals surface area contributed by atoms with Crippen LogP contribution in [0, 0.1) is 0 Å². The molecule has 0 aliphatic heterocycles. The van der Waals surface area contributed by atoms with Crippen LogP contribution in [-0.2, 0) is 11.3 Å². The third-order valence-electron chi connectivity index (χ3n) is 5.17. The van der Waals surface area contributed by atoms with Crippen molar-refractivity contribution < 1.29 is 9.84 Å². The Kier molecular flexibility index (Phi) is 4.12. The molecule has 6 heteroatoms. The second kappa shape index (κ2) is 6.67. The maximum Gasteiger partial charge on any atom is 0.261 e. The summed E-state index contributed by atoms with van der Waals surface area (Å²) in [6.45, 7) is 0.468. The van der Waals surface area contributed by atoms with Crippen LogP contribution in [0.25, 0.3) is 41.7 Å². The molecule has 1 N–H and O–H groups in total. The molecule has 0 aliphatic rings. The summed E-state index contributed by atoms with van der Waals surface area (Å²) in [6.07, 6.45) is 0. The predicted molar refractivity (Wildman–Crippen MR) is 114 cm³/mol. The van der Waals surface area contributed by atoms with Gasteiger partial charge < -0.3 is 9.84 Å². The van der Waals surface area contributed by atoms with Crippen molar-refractivity contribution >= 4 is 53.1 Å². The molecule has 0 fully saturated rings. The molecule has 0 unspecified atom stereocenters. The van der Waals surface area contributed by atoms with E-state index in [2.05, 4.69) is 12.1 Å². The number of aliphatic hydroxyl groups is 1. The van der Waals surface area contributed by atoms with Crippen LogP contribution in [0.3, 0.4) is 0 Å². The minimum Gasteiger partial charge on any atom is -0.394 e. The van der Waals surface area contributed by atoms with Gasteiger partial charge in [-0.25, -0.2) is 0 Å². The maximum atomic E-state index is 13.0. The summed E-state index contributed by atoms with van der Waals surface area (Å²) < 4.78 is 8.72. The van der Waals surface area contributed by atoms with Gasteiger partial charge in [-0.3, -0.25) is 14.2 Å². The highest BCUT2D eigenvalue weighted by Gasteiger charge is 2.17. The molecule has 0 aliphatic carbocycles. The third kappa shape index (κ3) is 2.46. The van der Waals surface area contributed by atoms with Gasteiger partial charge in [0.2, 0.25) is 0 Å². The van der Waals surface area contributed by atoms with E-state index < -0.39 is 0 Å². The van der Waals surface area contributed by atoms with E-state index in [1.807, 2.05) is 36.4 Å². The number of hydrogen-bond donors (Lipinski definition) is 1. The Morgan fingerprint density at radius 3 is 2.29 bits per heavy atom. The Labute approximate surface area is 163 Å². The molecule has 0 radical (unpaired) electrons. The lowest BCUT2D eigenvalue weighted by atomic mass is 9.98. The lowest BCUT2D eigenvalue weighted by Gasteiger charge is -2.14. The lowest BCUT2D eigenvalue weighted by molar-refractivity contribution is 0.0863. The summed E-state index contributed by atoms with van der Waals surface area (Å²) in [6, 6.07) is 15.8. The van der Waals surface area contributed by atoms with Crippen LogP contribution in [0.15, 0.2) is 58.1 Å². The number of benzene rings is 3. The van der Waals surface area contributed by atoms with Crippen molar-refractivity contribution in [2.24, 2.45) is 0 Å². The molecule has 3 aromatic carbocycles. The summed E-state index contributed by atoms with van der Waals surface area (Å²) in [5, 5.41) is 13.8. The van der Waals surface area contributed by atoms with E-state index >= 15 is 0 Å². The Morgan fingerprint density at radius 2 is 1.50 bits per heavy atom. The summed E-state index contributed by atoms with van der Waals surface area (Å²) in [5.74, 6) is 0. The van der Waals surface area contributed by atoms with Gasteiger partial charge in [-0.1, -0.05) is 24.3 Å². The van der Waals surface area contributed by atoms with Crippen molar-refractivity contribution in [1.82, 2.24) is 4.57 Å². The molecule has 2 heterocycles. The summed E-state index contributed by atoms with van der Waals surface area (Å²) in [7, 11) is 0. The molecule has 0 atom stereocenters. The molecule has 5 aromatic rings. The number of aliphatic hydroxyl groups excluding tert-OH is 1. The largest absolute Gasteiger partial charge is 0.394 e. The molecule has 5 rings (SSSR count). The van der Waals surface area contributed by atoms with Gasteiger partial charge in [0.25, 0.3) is 11.1 Å². The van der Waals surface area contributed by atoms with Gasteiger partial charge in [-0.2, -0.15) is 0 Å². The average Bonchev–Trinajstić information content (AvgIpc) is 2.72. The topological polar surface area (TPSA) is 68.5 Å². The highest BCUT2D eigenvalue weighted by atomic mass is 32.1. The van der Waals surface area contributed by atoms with Crippen LogP contribution in [0.4, 0.5) is 0 Å². The second-order valence-corrected chi connectivity index (χ2v) is 7.80. The van der Waals surface area contributed by atoms with Crippen LogP contribution in [0.1, 0.15) is 0 Å². The highest BCUT2D eigenvalue weighted by molar-refractivity contribution is 7.25.